The lowest BCUT2D eigenvalue weighted by atomic mass is 10.2. The van der Waals surface area contributed by atoms with Gasteiger partial charge in [-0.1, -0.05) is 0 Å². The Morgan fingerprint density at radius 2 is 1.97 bits per heavy atom. The van der Waals surface area contributed by atoms with Crippen molar-refractivity contribution in [3.63, 3.8) is 0 Å². The fourth-order valence-electron chi connectivity index (χ4n) is 2.75. The zero-order valence-electron chi connectivity index (χ0n) is 16.6. The smallest absolute Gasteiger partial charge is 0.410 e. The number of rotatable bonds is 7. The predicted octanol–water partition coefficient (Wildman–Crippen LogP) is 0.767. The number of hydrogen-bond donors (Lipinski definition) is 0. The second-order valence-electron chi connectivity index (χ2n) is 6.85. The molecule has 0 saturated carbocycles. The molecule has 0 radical (unpaired) electrons. The zero-order chi connectivity index (χ0) is 22.5. The van der Waals surface area contributed by atoms with Crippen molar-refractivity contribution in [3.8, 4) is 0 Å². The largest absolute Gasteiger partial charge is 0.445 e. The summed E-state index contributed by atoms with van der Waals surface area (Å²) in [5.74, 6) is -0.643. The van der Waals surface area contributed by atoms with Gasteiger partial charge in [0.05, 0.1) is 30.2 Å². The molecule has 0 unspecified atom stereocenters. The van der Waals surface area contributed by atoms with Crippen LogP contribution in [0.1, 0.15) is 12.0 Å². The van der Waals surface area contributed by atoms with Crippen LogP contribution in [0.25, 0.3) is 0 Å². The third-order valence-corrected chi connectivity index (χ3v) is 4.64. The van der Waals surface area contributed by atoms with Crippen molar-refractivity contribution in [1.82, 2.24) is 9.80 Å². The summed E-state index contributed by atoms with van der Waals surface area (Å²) in [7, 11) is -0.462. The Labute approximate surface area is 173 Å². The van der Waals surface area contributed by atoms with Crippen LogP contribution in [0.5, 0.6) is 0 Å². The minimum Gasteiger partial charge on any atom is -0.445 e. The van der Waals surface area contributed by atoms with Crippen molar-refractivity contribution in [2.24, 2.45) is 4.99 Å². The highest BCUT2D eigenvalue weighted by Crippen LogP contribution is 2.24. The van der Waals surface area contributed by atoms with Gasteiger partial charge in [0.2, 0.25) is 0 Å². The van der Waals surface area contributed by atoms with Gasteiger partial charge in [-0.25, -0.2) is 9.79 Å². The van der Waals surface area contributed by atoms with Crippen molar-refractivity contribution in [3.05, 3.63) is 39.9 Å². The quantitative estimate of drug-likeness (QED) is 0.196. The van der Waals surface area contributed by atoms with Crippen molar-refractivity contribution < 1.29 is 31.9 Å². The molecule has 1 aliphatic heterocycles. The van der Waals surface area contributed by atoms with Crippen LogP contribution < -0.4 is 0 Å². The van der Waals surface area contributed by atoms with Crippen LogP contribution in [-0.2, 0) is 30.4 Å². The monoisotopic (exact) mass is 442 g/mol. The molecule has 2 amide bonds. The van der Waals surface area contributed by atoms with E-state index in [1.165, 1.54) is 35.5 Å². The first-order chi connectivity index (χ1) is 14.0. The van der Waals surface area contributed by atoms with Crippen molar-refractivity contribution in [2.75, 3.05) is 26.9 Å². The average Bonchev–Trinajstić information content (AvgIpc) is 3.06. The number of aliphatic imine (C=N–C) groups is 1. The first kappa shape index (κ1) is 23.2. The summed E-state index contributed by atoms with van der Waals surface area (Å²) in [6.45, 7) is -0.354. The molecule has 30 heavy (non-hydrogen) atoms. The summed E-state index contributed by atoms with van der Waals surface area (Å²) < 4.78 is 33.0. The van der Waals surface area contributed by atoms with Crippen LogP contribution in [-0.4, -0.2) is 80.5 Å². The minimum absolute atomic E-state index is 0.0523. The molecular weight excluding hydrogens is 420 g/mol. The number of carbonyl (C=O) groups excluding carboxylic acids is 2. The van der Waals surface area contributed by atoms with Crippen LogP contribution in [0.2, 0.25) is 0 Å². The molecule has 1 fully saturated rings. The molecule has 1 aromatic carbocycles. The molecule has 2 rings (SSSR count). The average molecular weight is 442 g/mol. The second kappa shape index (κ2) is 9.63. The van der Waals surface area contributed by atoms with Gasteiger partial charge in [-0.05, 0) is 17.7 Å². The molecule has 0 aromatic heterocycles. The molecular formula is C17H22N4O8S. The predicted molar refractivity (Wildman–Crippen MR) is 105 cm³/mol. The van der Waals surface area contributed by atoms with Gasteiger partial charge in [0.1, 0.15) is 12.6 Å². The van der Waals surface area contributed by atoms with Crippen LogP contribution in [0.3, 0.4) is 0 Å². The van der Waals surface area contributed by atoms with Gasteiger partial charge < -0.3 is 9.64 Å². The Morgan fingerprint density at radius 3 is 2.50 bits per heavy atom. The van der Waals surface area contributed by atoms with E-state index in [1.807, 2.05) is 0 Å². The lowest BCUT2D eigenvalue weighted by Crippen LogP contribution is -2.40. The van der Waals surface area contributed by atoms with Gasteiger partial charge >= 0.3 is 6.09 Å². The van der Waals surface area contributed by atoms with E-state index in [0.717, 1.165) is 11.2 Å². The maximum absolute atomic E-state index is 12.5. The molecule has 1 heterocycles. The molecule has 12 nitrogen and oxygen atoms in total. The van der Waals surface area contributed by atoms with E-state index >= 15 is 0 Å². The van der Waals surface area contributed by atoms with Crippen LogP contribution >= 0.6 is 0 Å². The maximum Gasteiger partial charge on any atom is 0.410 e. The van der Waals surface area contributed by atoms with Crippen LogP contribution in [0.15, 0.2) is 29.3 Å². The summed E-state index contributed by atoms with van der Waals surface area (Å²) in [5, 5.41) is 10.7. The van der Waals surface area contributed by atoms with Gasteiger partial charge in [0.25, 0.3) is 21.7 Å². The topological polar surface area (TPSA) is 149 Å². The fraction of sp³-hybridized carbons (Fsp3) is 0.471. The summed E-state index contributed by atoms with van der Waals surface area (Å²) in [6, 6.07) is 4.38. The number of likely N-dealkylation sites (tertiary alicyclic amines) is 1. The van der Waals surface area contributed by atoms with E-state index in [9.17, 15) is 28.1 Å². The second-order valence-corrected chi connectivity index (χ2v) is 8.45. The number of non-ortho nitro benzene ring substituents is 1. The number of nitro benzene ring substituents is 1. The first-order valence-electron chi connectivity index (χ1n) is 8.75. The molecule has 164 valence electrons. The highest BCUT2D eigenvalue weighted by atomic mass is 32.2. The summed E-state index contributed by atoms with van der Waals surface area (Å²) in [4.78, 5) is 41.4. The zero-order valence-corrected chi connectivity index (χ0v) is 17.4. The first-order valence-corrected chi connectivity index (χ1v) is 10.6. The summed E-state index contributed by atoms with van der Waals surface area (Å²) >= 11 is 0. The number of carbonyl (C=O) groups is 2. The SMILES string of the molecule is CN(C)C=NC(=O)[C@@H]1C[C@@H](OS(C)(=O)=O)CN1C(=O)OCc1ccc([N+](=O)[O-])cc1. The Balaban J connectivity index is 2.09. The summed E-state index contributed by atoms with van der Waals surface area (Å²) in [5.41, 5.74) is 0.403. The van der Waals surface area contributed by atoms with Gasteiger partial charge in [-0.2, -0.15) is 8.42 Å². The van der Waals surface area contributed by atoms with Gasteiger partial charge in [-0.15, -0.1) is 0 Å². The third kappa shape index (κ3) is 6.77. The Morgan fingerprint density at radius 1 is 1.33 bits per heavy atom. The van der Waals surface area contributed by atoms with Crippen molar-refractivity contribution in [1.29, 1.82) is 0 Å². The molecule has 1 aliphatic rings. The fourth-order valence-corrected chi connectivity index (χ4v) is 3.38. The lowest BCUT2D eigenvalue weighted by molar-refractivity contribution is -0.384. The molecule has 0 aliphatic carbocycles. The Bertz CT molecular complexity index is 930. The van der Waals surface area contributed by atoms with Gasteiger partial charge in [0, 0.05) is 32.6 Å². The number of benzene rings is 1. The number of nitrogens with zero attached hydrogens (tertiary/aromatic N) is 4. The van der Waals surface area contributed by atoms with Gasteiger partial charge in [-0.3, -0.25) is 24.0 Å². The maximum atomic E-state index is 12.5. The van der Waals surface area contributed by atoms with E-state index < -0.39 is 39.2 Å². The van der Waals surface area contributed by atoms with Crippen LogP contribution in [0.4, 0.5) is 10.5 Å². The minimum atomic E-state index is -3.79. The number of hydrogen-bond acceptors (Lipinski definition) is 8. The Hall–Kier alpha value is -3.06. The number of amides is 2. The van der Waals surface area contributed by atoms with Gasteiger partial charge in [0.15, 0.2) is 0 Å². The van der Waals surface area contributed by atoms with E-state index in [1.54, 1.807) is 14.1 Å². The van der Waals surface area contributed by atoms with Crippen molar-refractivity contribution >= 4 is 34.1 Å². The highest BCUT2D eigenvalue weighted by molar-refractivity contribution is 7.86. The molecule has 1 aromatic rings. The number of nitro groups is 1. The third-order valence-electron chi connectivity index (χ3n) is 4.02. The van der Waals surface area contributed by atoms with E-state index in [4.69, 9.17) is 8.92 Å². The molecule has 0 spiro atoms. The highest BCUT2D eigenvalue weighted by Gasteiger charge is 2.42. The standard InChI is InChI=1S/C17H22N4O8S/c1-19(2)11-18-16(22)15-8-14(29-30(3,26)27)9-20(15)17(23)28-10-12-4-6-13(7-5-12)21(24)25/h4-7,11,14-15H,8-10H2,1-3H3/t14-,15+/m1/s1. The van der Waals surface area contributed by atoms with E-state index in [0.29, 0.717) is 5.56 Å². The molecule has 1 saturated heterocycles. The van der Waals surface area contributed by atoms with E-state index in [2.05, 4.69) is 4.99 Å². The molecule has 2 atom stereocenters. The lowest BCUT2D eigenvalue weighted by Gasteiger charge is -2.21. The van der Waals surface area contributed by atoms with Crippen molar-refractivity contribution in [2.45, 2.75) is 25.2 Å². The molecule has 0 N–H and O–H groups in total. The number of ether oxygens (including phenoxy) is 1. The molecule has 13 heteroatoms. The Kier molecular flexibility index (Phi) is 7.45. The van der Waals surface area contributed by atoms with E-state index in [-0.39, 0.29) is 25.3 Å². The molecule has 0 bridgehead atoms. The summed E-state index contributed by atoms with van der Waals surface area (Å²) in [6.07, 6.45) is 0.335. The van der Waals surface area contributed by atoms with Crippen LogP contribution in [0, 0.1) is 10.1 Å². The normalized spacial score (nSPS) is 19.1.